The van der Waals surface area contributed by atoms with Crippen molar-refractivity contribution in [1.82, 2.24) is 5.32 Å². The Morgan fingerprint density at radius 3 is 2.36 bits per heavy atom. The summed E-state index contributed by atoms with van der Waals surface area (Å²) in [5, 5.41) is 11.6. The van der Waals surface area contributed by atoms with E-state index in [4.69, 9.17) is 9.84 Å². The van der Waals surface area contributed by atoms with Gasteiger partial charge in [0, 0.05) is 6.42 Å². The number of benzene rings is 1. The first-order chi connectivity index (χ1) is 10.4. The maximum Gasteiger partial charge on any atom is 0.326 e. The first-order valence-electron chi connectivity index (χ1n) is 7.68. The predicted octanol–water partition coefficient (Wildman–Crippen LogP) is 2.63. The van der Waals surface area contributed by atoms with Gasteiger partial charge in [-0.3, -0.25) is 4.79 Å². The van der Waals surface area contributed by atoms with Crippen LogP contribution in [-0.4, -0.2) is 29.6 Å². The lowest BCUT2D eigenvalue weighted by Gasteiger charge is -2.17. The molecule has 1 atom stereocenters. The molecule has 0 spiro atoms. The van der Waals surface area contributed by atoms with Crippen LogP contribution >= 0.6 is 0 Å². The van der Waals surface area contributed by atoms with Crippen LogP contribution in [0.1, 0.15) is 39.2 Å². The molecule has 0 aliphatic rings. The highest BCUT2D eigenvalue weighted by molar-refractivity contribution is 5.83. The van der Waals surface area contributed by atoms with Gasteiger partial charge in [0.1, 0.15) is 11.8 Å². The van der Waals surface area contributed by atoms with Gasteiger partial charge in [-0.05, 0) is 36.5 Å². The lowest BCUT2D eigenvalue weighted by Crippen LogP contribution is -2.44. The summed E-state index contributed by atoms with van der Waals surface area (Å²) in [6.07, 6.45) is 1.80. The van der Waals surface area contributed by atoms with Gasteiger partial charge in [0.2, 0.25) is 5.91 Å². The van der Waals surface area contributed by atoms with Crippen LogP contribution in [0, 0.1) is 5.92 Å². The van der Waals surface area contributed by atoms with Crippen LogP contribution in [0.25, 0.3) is 0 Å². The van der Waals surface area contributed by atoms with Crippen LogP contribution in [0.2, 0.25) is 0 Å². The molecule has 0 unspecified atom stereocenters. The van der Waals surface area contributed by atoms with Crippen LogP contribution in [0.4, 0.5) is 0 Å². The summed E-state index contributed by atoms with van der Waals surface area (Å²) < 4.78 is 5.50. The van der Waals surface area contributed by atoms with Gasteiger partial charge < -0.3 is 15.2 Å². The zero-order valence-corrected chi connectivity index (χ0v) is 13.5. The Bertz CT molecular complexity index is 482. The Labute approximate surface area is 131 Å². The second-order valence-electron chi connectivity index (χ2n) is 5.62. The molecule has 122 valence electrons. The van der Waals surface area contributed by atoms with Gasteiger partial charge in [0.05, 0.1) is 6.61 Å². The number of nitrogens with one attached hydrogen (secondary N) is 1. The topological polar surface area (TPSA) is 75.6 Å². The zero-order valence-electron chi connectivity index (χ0n) is 13.5. The van der Waals surface area contributed by atoms with Crippen LogP contribution in [0.5, 0.6) is 5.75 Å². The van der Waals surface area contributed by atoms with Gasteiger partial charge in [-0.15, -0.1) is 0 Å². The van der Waals surface area contributed by atoms with E-state index in [0.717, 1.165) is 17.7 Å². The van der Waals surface area contributed by atoms with Crippen molar-refractivity contribution in [2.24, 2.45) is 5.92 Å². The third kappa shape index (κ3) is 6.16. The molecule has 1 amide bonds. The summed E-state index contributed by atoms with van der Waals surface area (Å²) in [7, 11) is 0. The van der Waals surface area contributed by atoms with Crippen LogP contribution in [0.15, 0.2) is 24.3 Å². The Kier molecular flexibility index (Phi) is 7.43. The fourth-order valence-electron chi connectivity index (χ4n) is 1.99. The van der Waals surface area contributed by atoms with Gasteiger partial charge in [-0.1, -0.05) is 32.9 Å². The van der Waals surface area contributed by atoms with Crippen LogP contribution in [0.3, 0.4) is 0 Å². The number of carboxylic acid groups (broad SMARTS) is 1. The van der Waals surface area contributed by atoms with Gasteiger partial charge in [-0.2, -0.15) is 0 Å². The average molecular weight is 307 g/mol. The number of carboxylic acids is 1. The summed E-state index contributed by atoms with van der Waals surface area (Å²) in [6.45, 7) is 6.28. The summed E-state index contributed by atoms with van der Waals surface area (Å²) in [5.74, 6) is -0.564. The molecule has 0 radical (unpaired) electrons. The highest BCUT2D eigenvalue weighted by Gasteiger charge is 2.22. The number of hydrogen-bond acceptors (Lipinski definition) is 3. The van der Waals surface area contributed by atoms with Crippen LogP contribution in [-0.2, 0) is 16.0 Å². The molecule has 0 aliphatic heterocycles. The van der Waals surface area contributed by atoms with E-state index < -0.39 is 12.0 Å². The Morgan fingerprint density at radius 2 is 1.86 bits per heavy atom. The largest absolute Gasteiger partial charge is 0.494 e. The van der Waals surface area contributed by atoms with Gasteiger partial charge in [0.15, 0.2) is 0 Å². The molecular formula is C17H25NO4. The molecule has 2 N–H and O–H groups in total. The first-order valence-corrected chi connectivity index (χ1v) is 7.68. The van der Waals surface area contributed by atoms with Crippen molar-refractivity contribution in [3.05, 3.63) is 29.8 Å². The van der Waals surface area contributed by atoms with E-state index in [9.17, 15) is 9.59 Å². The molecule has 0 bridgehead atoms. The SMILES string of the molecule is CCCOc1ccc(CCC(=O)N[C@H](C(=O)O)C(C)C)cc1. The lowest BCUT2D eigenvalue weighted by atomic mass is 10.0. The summed E-state index contributed by atoms with van der Waals surface area (Å²) in [6, 6.07) is 6.79. The van der Waals surface area contributed by atoms with Crippen molar-refractivity contribution in [2.45, 2.75) is 46.1 Å². The minimum Gasteiger partial charge on any atom is -0.494 e. The van der Waals surface area contributed by atoms with Gasteiger partial charge >= 0.3 is 5.97 Å². The highest BCUT2D eigenvalue weighted by Crippen LogP contribution is 2.13. The minimum atomic E-state index is -0.999. The molecule has 0 fully saturated rings. The van der Waals surface area contributed by atoms with E-state index in [2.05, 4.69) is 12.2 Å². The molecule has 1 aromatic rings. The fraction of sp³-hybridized carbons (Fsp3) is 0.529. The maximum atomic E-state index is 11.8. The normalized spacial score (nSPS) is 12.0. The monoisotopic (exact) mass is 307 g/mol. The third-order valence-corrected chi connectivity index (χ3v) is 3.29. The van der Waals surface area contributed by atoms with Crippen molar-refractivity contribution in [2.75, 3.05) is 6.61 Å². The average Bonchev–Trinajstić information content (AvgIpc) is 2.49. The minimum absolute atomic E-state index is 0.142. The van der Waals surface area contributed by atoms with Crippen LogP contribution < -0.4 is 10.1 Å². The number of ether oxygens (including phenoxy) is 1. The van der Waals surface area contributed by atoms with Crippen molar-refractivity contribution in [3.63, 3.8) is 0 Å². The van der Waals surface area contributed by atoms with Crippen molar-refractivity contribution in [3.8, 4) is 5.75 Å². The Hall–Kier alpha value is -2.04. The molecule has 0 saturated heterocycles. The van der Waals surface area contributed by atoms with Crippen molar-refractivity contribution < 1.29 is 19.4 Å². The van der Waals surface area contributed by atoms with E-state index >= 15 is 0 Å². The van der Waals surface area contributed by atoms with Gasteiger partial charge in [-0.25, -0.2) is 4.79 Å². The molecule has 0 heterocycles. The summed E-state index contributed by atoms with van der Waals surface area (Å²) >= 11 is 0. The number of hydrogen-bond donors (Lipinski definition) is 2. The Balaban J connectivity index is 2.45. The second kappa shape index (κ2) is 9.07. The van der Waals surface area contributed by atoms with E-state index in [1.165, 1.54) is 0 Å². The summed E-state index contributed by atoms with van der Waals surface area (Å²) in [5.41, 5.74) is 1.02. The van der Waals surface area contributed by atoms with E-state index in [-0.39, 0.29) is 18.2 Å². The quantitative estimate of drug-likeness (QED) is 0.735. The van der Waals surface area contributed by atoms with Gasteiger partial charge in [0.25, 0.3) is 0 Å². The molecule has 1 rings (SSSR count). The number of aliphatic carboxylic acids is 1. The number of amides is 1. The Morgan fingerprint density at radius 1 is 1.23 bits per heavy atom. The first kappa shape index (κ1) is 18.0. The lowest BCUT2D eigenvalue weighted by molar-refractivity contribution is -0.143. The molecular weight excluding hydrogens is 282 g/mol. The molecule has 0 aromatic heterocycles. The molecule has 0 aliphatic carbocycles. The number of carbonyl (C=O) groups excluding carboxylic acids is 1. The molecule has 22 heavy (non-hydrogen) atoms. The third-order valence-electron chi connectivity index (χ3n) is 3.29. The fourth-order valence-corrected chi connectivity index (χ4v) is 1.99. The highest BCUT2D eigenvalue weighted by atomic mass is 16.5. The van der Waals surface area contributed by atoms with Crippen molar-refractivity contribution in [1.29, 1.82) is 0 Å². The standard InChI is InChI=1S/C17H25NO4/c1-4-11-22-14-8-5-13(6-9-14)7-10-15(19)18-16(12(2)3)17(20)21/h5-6,8-9,12,16H,4,7,10-11H2,1-3H3,(H,18,19)(H,20,21)/t16-/m0/s1. The molecule has 5 heteroatoms. The molecule has 0 saturated carbocycles. The van der Waals surface area contributed by atoms with E-state index in [0.29, 0.717) is 13.0 Å². The molecule has 1 aromatic carbocycles. The second-order valence-corrected chi connectivity index (χ2v) is 5.62. The smallest absolute Gasteiger partial charge is 0.326 e. The van der Waals surface area contributed by atoms with Crippen molar-refractivity contribution >= 4 is 11.9 Å². The van der Waals surface area contributed by atoms with E-state index in [1.807, 2.05) is 24.3 Å². The van der Waals surface area contributed by atoms with E-state index in [1.54, 1.807) is 13.8 Å². The maximum absolute atomic E-state index is 11.8. The summed E-state index contributed by atoms with van der Waals surface area (Å²) in [4.78, 5) is 22.9. The number of aryl methyl sites for hydroxylation is 1. The number of carbonyl (C=O) groups is 2. The predicted molar refractivity (Wildman–Crippen MR) is 85.0 cm³/mol. The zero-order chi connectivity index (χ0) is 16.5. The number of rotatable bonds is 9. The molecule has 5 nitrogen and oxygen atoms in total.